The Labute approximate surface area is 85.0 Å². The maximum atomic E-state index is 5.01. The molecule has 0 aromatic heterocycles. The van der Waals surface area contributed by atoms with Gasteiger partial charge in [0.05, 0.1) is 0 Å². The summed E-state index contributed by atoms with van der Waals surface area (Å²) in [4.78, 5) is 0. The van der Waals surface area contributed by atoms with Crippen LogP contribution >= 0.6 is 15.9 Å². The molecule has 0 saturated heterocycles. The van der Waals surface area contributed by atoms with Crippen LogP contribution in [0.5, 0.6) is 0 Å². The second-order valence-electron chi connectivity index (χ2n) is 3.30. The van der Waals surface area contributed by atoms with E-state index in [1.807, 2.05) is 0 Å². The third-order valence-electron chi connectivity index (χ3n) is 2.13. The van der Waals surface area contributed by atoms with Crippen LogP contribution in [-0.2, 0) is 4.74 Å². The van der Waals surface area contributed by atoms with E-state index in [2.05, 4.69) is 22.9 Å². The smallest absolute Gasteiger partial charge is 0.0462 e. The summed E-state index contributed by atoms with van der Waals surface area (Å²) < 4.78 is 5.01. The molecule has 12 heavy (non-hydrogen) atoms. The number of halogens is 1. The molecular weight excluding hydrogens is 216 g/mol. The molecule has 74 valence electrons. The van der Waals surface area contributed by atoms with Crippen molar-refractivity contribution >= 4 is 15.9 Å². The second-order valence-corrected chi connectivity index (χ2v) is 3.95. The van der Waals surface area contributed by atoms with E-state index in [-0.39, 0.29) is 0 Å². The van der Waals surface area contributed by atoms with Gasteiger partial charge in [-0.2, -0.15) is 0 Å². The van der Waals surface area contributed by atoms with Crippen molar-refractivity contribution in [3.05, 3.63) is 0 Å². The second kappa shape index (κ2) is 9.53. The summed E-state index contributed by atoms with van der Waals surface area (Å²) in [5.41, 5.74) is 0. The Hall–Kier alpha value is 0.440. The lowest BCUT2D eigenvalue weighted by atomic mass is 9.99. The molecule has 1 atom stereocenters. The van der Waals surface area contributed by atoms with Gasteiger partial charge in [-0.15, -0.1) is 0 Å². The number of alkyl halides is 1. The summed E-state index contributed by atoms with van der Waals surface area (Å²) in [5.74, 6) is 0.881. The van der Waals surface area contributed by atoms with Crippen molar-refractivity contribution in [2.45, 2.75) is 39.0 Å². The maximum Gasteiger partial charge on any atom is 0.0462 e. The highest BCUT2D eigenvalue weighted by Gasteiger charge is 2.04. The summed E-state index contributed by atoms with van der Waals surface area (Å²) in [5, 5.41) is 1.16. The Kier molecular flexibility index (Phi) is 9.88. The number of unbranched alkanes of at least 4 members (excludes halogenated alkanes) is 1. The summed E-state index contributed by atoms with van der Waals surface area (Å²) in [6.45, 7) is 3.17. The maximum absolute atomic E-state index is 5.01. The molecule has 1 unspecified atom stereocenters. The Morgan fingerprint density at radius 3 is 2.50 bits per heavy atom. The fraction of sp³-hybridized carbons (Fsp3) is 1.00. The summed E-state index contributed by atoms with van der Waals surface area (Å²) >= 11 is 3.55. The lowest BCUT2D eigenvalue weighted by molar-refractivity contribution is 0.190. The first-order valence-corrected chi connectivity index (χ1v) is 6.02. The molecule has 0 aromatic carbocycles. The Bertz CT molecular complexity index is 85.9. The summed E-state index contributed by atoms with van der Waals surface area (Å²) in [6, 6.07) is 0. The van der Waals surface area contributed by atoms with E-state index in [0.717, 1.165) is 17.9 Å². The monoisotopic (exact) mass is 236 g/mol. The molecule has 0 heterocycles. The van der Waals surface area contributed by atoms with Gasteiger partial charge in [0.2, 0.25) is 0 Å². The van der Waals surface area contributed by atoms with Crippen molar-refractivity contribution in [1.82, 2.24) is 0 Å². The number of ether oxygens (including phenoxy) is 1. The zero-order valence-electron chi connectivity index (χ0n) is 8.31. The number of rotatable bonds is 8. The van der Waals surface area contributed by atoms with Crippen molar-refractivity contribution in [2.24, 2.45) is 5.92 Å². The van der Waals surface area contributed by atoms with Gasteiger partial charge >= 0.3 is 0 Å². The minimum absolute atomic E-state index is 0.881. The molecular formula is C10H21BrO. The van der Waals surface area contributed by atoms with Crippen LogP contribution < -0.4 is 0 Å². The van der Waals surface area contributed by atoms with Crippen LogP contribution in [0.3, 0.4) is 0 Å². The molecule has 0 amide bonds. The molecule has 0 aliphatic heterocycles. The highest BCUT2D eigenvalue weighted by Crippen LogP contribution is 2.16. The van der Waals surface area contributed by atoms with Gasteiger partial charge in [-0.25, -0.2) is 0 Å². The van der Waals surface area contributed by atoms with Crippen LogP contribution in [0.25, 0.3) is 0 Å². The van der Waals surface area contributed by atoms with Gasteiger partial charge in [0.15, 0.2) is 0 Å². The average Bonchev–Trinajstić information content (AvgIpc) is 2.10. The molecule has 0 aliphatic rings. The van der Waals surface area contributed by atoms with Crippen LogP contribution in [0.15, 0.2) is 0 Å². The van der Waals surface area contributed by atoms with E-state index in [1.54, 1.807) is 7.11 Å². The number of hydrogen-bond donors (Lipinski definition) is 0. The van der Waals surface area contributed by atoms with Gasteiger partial charge in [-0.1, -0.05) is 35.7 Å². The summed E-state index contributed by atoms with van der Waals surface area (Å²) in [6.07, 6.45) is 6.54. The first-order chi connectivity index (χ1) is 5.85. The fourth-order valence-corrected chi connectivity index (χ4v) is 2.03. The van der Waals surface area contributed by atoms with Gasteiger partial charge in [-0.05, 0) is 25.2 Å². The molecule has 0 rings (SSSR count). The van der Waals surface area contributed by atoms with Gasteiger partial charge in [0.25, 0.3) is 0 Å². The quantitative estimate of drug-likeness (QED) is 0.463. The highest BCUT2D eigenvalue weighted by atomic mass is 79.9. The zero-order chi connectivity index (χ0) is 9.23. The first-order valence-electron chi connectivity index (χ1n) is 4.90. The minimum atomic E-state index is 0.881. The molecule has 0 N–H and O–H groups in total. The predicted molar refractivity (Wildman–Crippen MR) is 57.9 cm³/mol. The highest BCUT2D eigenvalue weighted by molar-refractivity contribution is 9.09. The van der Waals surface area contributed by atoms with Crippen LogP contribution in [0.2, 0.25) is 0 Å². The molecule has 0 aromatic rings. The van der Waals surface area contributed by atoms with Crippen molar-refractivity contribution in [2.75, 3.05) is 19.0 Å². The Morgan fingerprint density at radius 2 is 2.00 bits per heavy atom. The van der Waals surface area contributed by atoms with E-state index >= 15 is 0 Å². The Morgan fingerprint density at radius 1 is 1.25 bits per heavy atom. The van der Waals surface area contributed by atoms with Crippen molar-refractivity contribution in [1.29, 1.82) is 0 Å². The lowest BCUT2D eigenvalue weighted by Gasteiger charge is -2.11. The molecule has 0 spiro atoms. The van der Waals surface area contributed by atoms with Crippen LogP contribution in [-0.4, -0.2) is 19.0 Å². The average molecular weight is 237 g/mol. The lowest BCUT2D eigenvalue weighted by Crippen LogP contribution is -2.02. The van der Waals surface area contributed by atoms with E-state index in [9.17, 15) is 0 Å². The third-order valence-corrected chi connectivity index (χ3v) is 3.04. The molecule has 0 radical (unpaired) electrons. The third kappa shape index (κ3) is 7.11. The molecule has 1 nitrogen and oxygen atoms in total. The number of hydrogen-bond acceptors (Lipinski definition) is 1. The minimum Gasteiger partial charge on any atom is -0.385 e. The van der Waals surface area contributed by atoms with Gasteiger partial charge < -0.3 is 4.74 Å². The van der Waals surface area contributed by atoms with Gasteiger partial charge in [0.1, 0.15) is 0 Å². The SMILES string of the molecule is CCCC(CBr)CCCCOC. The van der Waals surface area contributed by atoms with E-state index in [4.69, 9.17) is 4.74 Å². The first kappa shape index (κ1) is 12.4. The predicted octanol–water partition coefficient (Wildman–Crippen LogP) is 3.61. The standard InChI is InChI=1S/C10H21BrO/c1-3-6-10(9-11)7-4-5-8-12-2/h10H,3-9H2,1-2H3. The van der Waals surface area contributed by atoms with E-state index in [1.165, 1.54) is 32.1 Å². The fourth-order valence-electron chi connectivity index (χ4n) is 1.39. The zero-order valence-corrected chi connectivity index (χ0v) is 9.90. The van der Waals surface area contributed by atoms with Gasteiger partial charge in [0, 0.05) is 19.0 Å². The van der Waals surface area contributed by atoms with Crippen molar-refractivity contribution in [3.63, 3.8) is 0 Å². The van der Waals surface area contributed by atoms with Crippen molar-refractivity contribution in [3.8, 4) is 0 Å². The van der Waals surface area contributed by atoms with Crippen molar-refractivity contribution < 1.29 is 4.74 Å². The molecule has 0 bridgehead atoms. The molecule has 0 aliphatic carbocycles. The Balaban J connectivity index is 3.19. The van der Waals surface area contributed by atoms with Crippen LogP contribution in [0.1, 0.15) is 39.0 Å². The molecule has 0 fully saturated rings. The largest absolute Gasteiger partial charge is 0.385 e. The van der Waals surface area contributed by atoms with Crippen LogP contribution in [0.4, 0.5) is 0 Å². The number of methoxy groups -OCH3 is 1. The normalized spacial score (nSPS) is 13.2. The van der Waals surface area contributed by atoms with Gasteiger partial charge in [-0.3, -0.25) is 0 Å². The van der Waals surface area contributed by atoms with E-state index in [0.29, 0.717) is 0 Å². The van der Waals surface area contributed by atoms with Crippen LogP contribution in [0, 0.1) is 5.92 Å². The van der Waals surface area contributed by atoms with E-state index < -0.39 is 0 Å². The summed E-state index contributed by atoms with van der Waals surface area (Å²) in [7, 11) is 1.77. The molecule has 2 heteroatoms. The molecule has 0 saturated carbocycles. The topological polar surface area (TPSA) is 9.23 Å².